The minimum Gasteiger partial charge on any atom is -0.481 e. The van der Waals surface area contributed by atoms with E-state index in [4.69, 9.17) is 5.11 Å². The summed E-state index contributed by atoms with van der Waals surface area (Å²) in [5.74, 6) is -0.887. The smallest absolute Gasteiger partial charge is 0.303 e. The van der Waals surface area contributed by atoms with Crippen molar-refractivity contribution in [1.29, 1.82) is 0 Å². The summed E-state index contributed by atoms with van der Waals surface area (Å²) in [6.45, 7) is 0.338. The van der Waals surface area contributed by atoms with Crippen molar-refractivity contribution in [2.45, 2.75) is 89.1 Å². The van der Waals surface area contributed by atoms with Gasteiger partial charge in [-0.05, 0) is 61.1 Å². The summed E-state index contributed by atoms with van der Waals surface area (Å²) >= 11 is 0. The molecule has 0 saturated heterocycles. The molecule has 2 aromatic rings. The molecule has 4 rings (SSSR count). The van der Waals surface area contributed by atoms with Gasteiger partial charge in [0.1, 0.15) is 5.82 Å². The van der Waals surface area contributed by atoms with Crippen molar-refractivity contribution in [2.24, 2.45) is 0 Å². The minimum absolute atomic E-state index is 0.0157. The van der Waals surface area contributed by atoms with E-state index in [1.165, 1.54) is 38.2 Å². The van der Waals surface area contributed by atoms with Gasteiger partial charge in [0.2, 0.25) is 0 Å². The summed E-state index contributed by atoms with van der Waals surface area (Å²) in [6, 6.07) is 3.52. The first-order chi connectivity index (χ1) is 14.5. The van der Waals surface area contributed by atoms with Gasteiger partial charge in [0, 0.05) is 25.2 Å². The van der Waals surface area contributed by atoms with Crippen LogP contribution in [-0.4, -0.2) is 21.7 Å². The maximum absolute atomic E-state index is 15.0. The highest BCUT2D eigenvalue weighted by Gasteiger charge is 2.23. The highest BCUT2D eigenvalue weighted by Crippen LogP contribution is 2.38. The molecular weight excluding hydrogens is 383 g/mol. The van der Waals surface area contributed by atoms with Crippen molar-refractivity contribution in [3.8, 4) is 0 Å². The molecule has 2 aliphatic carbocycles. The number of pyridine rings is 1. The van der Waals surface area contributed by atoms with Gasteiger partial charge >= 0.3 is 5.97 Å². The SMILES string of the molecule is O=C(O)CCCn1cc(C2CCCC2)c2cc(NC3CCCCC3)c(F)cc2c1=O. The molecule has 0 aliphatic heterocycles. The summed E-state index contributed by atoms with van der Waals surface area (Å²) in [5.41, 5.74) is 1.36. The van der Waals surface area contributed by atoms with Crippen LogP contribution < -0.4 is 10.9 Å². The predicted octanol–water partition coefficient (Wildman–Crippen LogP) is 5.41. The van der Waals surface area contributed by atoms with E-state index in [0.29, 0.717) is 30.0 Å². The van der Waals surface area contributed by atoms with Gasteiger partial charge in [-0.25, -0.2) is 4.39 Å². The van der Waals surface area contributed by atoms with Crippen molar-refractivity contribution in [3.05, 3.63) is 40.1 Å². The van der Waals surface area contributed by atoms with Gasteiger partial charge in [0.15, 0.2) is 0 Å². The first-order valence-electron chi connectivity index (χ1n) is 11.4. The number of benzene rings is 1. The Balaban J connectivity index is 1.74. The number of rotatable bonds is 7. The number of hydrogen-bond acceptors (Lipinski definition) is 3. The number of carboxylic acid groups (broad SMARTS) is 1. The molecule has 0 radical (unpaired) electrons. The van der Waals surface area contributed by atoms with Gasteiger partial charge in [-0.15, -0.1) is 0 Å². The van der Waals surface area contributed by atoms with Gasteiger partial charge in [-0.1, -0.05) is 32.1 Å². The van der Waals surface area contributed by atoms with Gasteiger partial charge < -0.3 is 15.0 Å². The summed E-state index contributed by atoms with van der Waals surface area (Å²) in [5, 5.41) is 13.6. The van der Waals surface area contributed by atoms with Crippen molar-refractivity contribution in [3.63, 3.8) is 0 Å². The molecule has 0 unspecified atom stereocenters. The Morgan fingerprint density at radius 3 is 2.47 bits per heavy atom. The standard InChI is InChI=1S/C24H31FN2O3/c25-21-13-19-18(14-22(21)26-17-9-2-1-3-10-17)20(16-7-4-5-8-16)15-27(24(19)30)12-6-11-23(28)29/h13-17,26H,1-12H2,(H,28,29). The van der Waals surface area contributed by atoms with Crippen LogP contribution in [0, 0.1) is 5.82 Å². The van der Waals surface area contributed by atoms with E-state index in [1.54, 1.807) is 4.57 Å². The molecule has 5 nitrogen and oxygen atoms in total. The van der Waals surface area contributed by atoms with Crippen molar-refractivity contribution < 1.29 is 14.3 Å². The van der Waals surface area contributed by atoms with E-state index in [-0.39, 0.29) is 23.8 Å². The Morgan fingerprint density at radius 2 is 1.77 bits per heavy atom. The maximum atomic E-state index is 15.0. The van der Waals surface area contributed by atoms with E-state index in [9.17, 15) is 14.0 Å². The Kier molecular flexibility index (Phi) is 6.40. The van der Waals surface area contributed by atoms with Crippen molar-refractivity contribution >= 4 is 22.4 Å². The van der Waals surface area contributed by atoms with Crippen molar-refractivity contribution in [1.82, 2.24) is 4.57 Å². The first kappa shape index (κ1) is 20.9. The van der Waals surface area contributed by atoms with Crippen LogP contribution >= 0.6 is 0 Å². The maximum Gasteiger partial charge on any atom is 0.303 e. The van der Waals surface area contributed by atoms with E-state index < -0.39 is 5.97 Å². The molecule has 6 heteroatoms. The van der Waals surface area contributed by atoms with Crippen LogP contribution in [-0.2, 0) is 11.3 Å². The normalized spacial score (nSPS) is 18.2. The number of aromatic nitrogens is 1. The summed E-state index contributed by atoms with van der Waals surface area (Å²) in [6.07, 6.45) is 12.5. The summed E-state index contributed by atoms with van der Waals surface area (Å²) in [7, 11) is 0. The number of nitrogens with one attached hydrogen (secondary N) is 1. The minimum atomic E-state index is -0.871. The molecule has 0 atom stereocenters. The third kappa shape index (κ3) is 4.52. The van der Waals surface area contributed by atoms with Gasteiger partial charge in [-0.3, -0.25) is 9.59 Å². The molecule has 2 fully saturated rings. The number of aryl methyl sites for hydroxylation is 1. The molecule has 2 N–H and O–H groups in total. The number of hydrogen-bond donors (Lipinski definition) is 2. The van der Waals surface area contributed by atoms with Crippen LogP contribution in [0.15, 0.2) is 23.1 Å². The summed E-state index contributed by atoms with van der Waals surface area (Å²) in [4.78, 5) is 23.9. The summed E-state index contributed by atoms with van der Waals surface area (Å²) < 4.78 is 16.6. The van der Waals surface area contributed by atoms with Crippen LogP contribution in [0.25, 0.3) is 10.8 Å². The molecule has 2 aliphatic rings. The third-order valence-electron chi connectivity index (χ3n) is 6.75. The zero-order valence-corrected chi connectivity index (χ0v) is 17.5. The lowest BCUT2D eigenvalue weighted by Crippen LogP contribution is -2.24. The lowest BCUT2D eigenvalue weighted by molar-refractivity contribution is -0.137. The monoisotopic (exact) mass is 414 g/mol. The number of fused-ring (bicyclic) bond motifs is 1. The molecule has 0 amide bonds. The van der Waals surface area contributed by atoms with E-state index >= 15 is 0 Å². The lowest BCUT2D eigenvalue weighted by atomic mass is 9.92. The third-order valence-corrected chi connectivity index (χ3v) is 6.75. The van der Waals surface area contributed by atoms with Crippen LogP contribution in [0.1, 0.15) is 82.1 Å². The molecule has 0 bridgehead atoms. The zero-order valence-electron chi connectivity index (χ0n) is 17.5. The molecule has 1 heterocycles. The van der Waals surface area contributed by atoms with Gasteiger partial charge in [0.05, 0.1) is 11.1 Å². The molecule has 2 saturated carbocycles. The average molecular weight is 415 g/mol. The Bertz CT molecular complexity index is 973. The lowest BCUT2D eigenvalue weighted by Gasteiger charge is -2.25. The van der Waals surface area contributed by atoms with Crippen LogP contribution in [0.2, 0.25) is 0 Å². The highest BCUT2D eigenvalue weighted by atomic mass is 19.1. The number of aliphatic carboxylic acids is 1. The fraction of sp³-hybridized carbons (Fsp3) is 0.583. The largest absolute Gasteiger partial charge is 0.481 e. The molecule has 1 aromatic heterocycles. The number of nitrogens with zero attached hydrogens (tertiary/aromatic N) is 1. The van der Waals surface area contributed by atoms with E-state index in [1.807, 2.05) is 12.3 Å². The Morgan fingerprint density at radius 1 is 1.07 bits per heavy atom. The average Bonchev–Trinajstić information content (AvgIpc) is 3.26. The number of halogens is 1. The second kappa shape index (κ2) is 9.19. The quantitative estimate of drug-likeness (QED) is 0.636. The first-order valence-corrected chi connectivity index (χ1v) is 11.4. The second-order valence-corrected chi connectivity index (χ2v) is 8.92. The van der Waals surface area contributed by atoms with Crippen molar-refractivity contribution in [2.75, 3.05) is 5.32 Å². The van der Waals surface area contributed by atoms with E-state index in [0.717, 1.165) is 36.6 Å². The number of carbonyl (C=O) groups is 1. The molecular formula is C24H31FN2O3. The Hall–Kier alpha value is -2.37. The Labute approximate surface area is 176 Å². The number of carboxylic acids is 1. The zero-order chi connectivity index (χ0) is 21.1. The molecule has 30 heavy (non-hydrogen) atoms. The number of anilines is 1. The molecule has 162 valence electrons. The van der Waals surface area contributed by atoms with Crippen LogP contribution in [0.5, 0.6) is 0 Å². The topological polar surface area (TPSA) is 71.3 Å². The van der Waals surface area contributed by atoms with Crippen LogP contribution in [0.3, 0.4) is 0 Å². The fourth-order valence-corrected chi connectivity index (χ4v) is 5.15. The second-order valence-electron chi connectivity index (χ2n) is 8.92. The molecule has 0 spiro atoms. The van der Waals surface area contributed by atoms with Crippen LogP contribution in [0.4, 0.5) is 10.1 Å². The predicted molar refractivity (Wildman–Crippen MR) is 117 cm³/mol. The van der Waals surface area contributed by atoms with Gasteiger partial charge in [0.25, 0.3) is 5.56 Å². The van der Waals surface area contributed by atoms with Gasteiger partial charge in [-0.2, -0.15) is 0 Å². The fourth-order valence-electron chi connectivity index (χ4n) is 5.15. The van der Waals surface area contributed by atoms with E-state index in [2.05, 4.69) is 5.32 Å². The highest BCUT2D eigenvalue weighted by molar-refractivity contribution is 5.88. The molecule has 1 aromatic carbocycles.